The van der Waals surface area contributed by atoms with Gasteiger partial charge in [-0.2, -0.15) is 9.97 Å². The molecule has 3 atom stereocenters. The maximum Gasteiger partial charge on any atom is 0.369 e. The quantitative estimate of drug-likeness (QED) is 0.394. The molecule has 1 saturated heterocycles. The first-order chi connectivity index (χ1) is 13.0. The van der Waals surface area contributed by atoms with Crippen molar-refractivity contribution >= 4 is 46.0 Å². The molecule has 1 unspecified atom stereocenters. The van der Waals surface area contributed by atoms with Gasteiger partial charge in [0.05, 0.1) is 24.8 Å². The van der Waals surface area contributed by atoms with Gasteiger partial charge >= 0.3 is 7.60 Å². The molecule has 2 aromatic rings. The second kappa shape index (κ2) is 7.82. The van der Waals surface area contributed by atoms with Crippen LogP contribution >= 0.6 is 19.2 Å². The van der Waals surface area contributed by atoms with Crippen LogP contribution in [-0.2, 0) is 23.9 Å². The molecule has 28 heavy (non-hydrogen) atoms. The average Bonchev–Trinajstić information content (AvgIpc) is 3.20. The Hall–Kier alpha value is -1.34. The van der Waals surface area contributed by atoms with E-state index in [0.29, 0.717) is 24.0 Å². The van der Waals surface area contributed by atoms with Gasteiger partial charge in [-0.05, 0) is 24.4 Å². The van der Waals surface area contributed by atoms with E-state index in [9.17, 15) is 22.8 Å². The number of anilines is 1. The van der Waals surface area contributed by atoms with Gasteiger partial charge in [0.2, 0.25) is 5.28 Å². The Kier molecular flexibility index (Phi) is 5.97. The van der Waals surface area contributed by atoms with Crippen LogP contribution in [0.25, 0.3) is 11.2 Å². The molecule has 1 aliphatic rings. The van der Waals surface area contributed by atoms with E-state index in [4.69, 9.17) is 26.8 Å². The lowest BCUT2D eigenvalue weighted by Crippen LogP contribution is -2.30. The smallest absolute Gasteiger partial charge is 0.369 e. The number of halogens is 1. The minimum Gasteiger partial charge on any atom is -0.382 e. The van der Waals surface area contributed by atoms with Crippen LogP contribution in [0.2, 0.25) is 5.28 Å². The van der Waals surface area contributed by atoms with E-state index in [1.807, 2.05) is 0 Å². The molecule has 12 nitrogen and oxygen atoms in total. The molecule has 0 saturated carbocycles. The first-order valence-electron chi connectivity index (χ1n) is 8.22. The molecule has 3 heterocycles. The van der Waals surface area contributed by atoms with Gasteiger partial charge in [0, 0.05) is 0 Å². The second-order valence-electron chi connectivity index (χ2n) is 6.17. The average molecular weight is 456 g/mol. The number of rotatable bonds is 7. The number of imidazole rings is 1. The fourth-order valence-electron chi connectivity index (χ4n) is 2.88. The van der Waals surface area contributed by atoms with E-state index in [0.717, 1.165) is 0 Å². The van der Waals surface area contributed by atoms with Crippen molar-refractivity contribution in [2.45, 2.75) is 37.3 Å². The van der Waals surface area contributed by atoms with Crippen molar-refractivity contribution in [1.82, 2.24) is 19.5 Å². The van der Waals surface area contributed by atoms with Crippen LogP contribution in [0, 0.1) is 0 Å². The molecule has 0 aliphatic carbocycles. The lowest BCUT2D eigenvalue weighted by molar-refractivity contribution is -0.0390. The number of nitrogens with zero attached hydrogens (tertiary/aromatic N) is 4. The Labute approximate surface area is 165 Å². The van der Waals surface area contributed by atoms with E-state index in [-0.39, 0.29) is 17.7 Å². The molecule has 156 valence electrons. The number of hydrogen-bond acceptors (Lipinski definition) is 9. The minimum absolute atomic E-state index is 0.0427. The zero-order valence-corrected chi connectivity index (χ0v) is 17.1. The van der Waals surface area contributed by atoms with Crippen molar-refractivity contribution < 1.29 is 32.2 Å². The van der Waals surface area contributed by atoms with Crippen molar-refractivity contribution in [3.63, 3.8) is 0 Å². The fourth-order valence-corrected chi connectivity index (χ4v) is 6.02. The van der Waals surface area contributed by atoms with E-state index < -0.39 is 40.7 Å². The number of nitrogens with two attached hydrogens (primary N) is 1. The standard InChI is InChI=1S/C13H19ClN5O7PS/c1-2-28(23,24)13(27(20,21)22)25-5-7-3-4-8(26-7)19-6-16-9-10(15)17-12(14)18-11(9)19/h6-8,13H,2-5H2,1H3,(H2,15,17,18)(H2,20,21,22)/t7-,8+,13?/m0/s1. The summed E-state index contributed by atoms with van der Waals surface area (Å²) in [4.78, 5) is 30.7. The predicted molar refractivity (Wildman–Crippen MR) is 99.1 cm³/mol. The summed E-state index contributed by atoms with van der Waals surface area (Å²) in [5.41, 5.74) is 6.51. The molecular weight excluding hydrogens is 437 g/mol. The van der Waals surface area contributed by atoms with Crippen LogP contribution in [0.15, 0.2) is 6.33 Å². The van der Waals surface area contributed by atoms with Crippen LogP contribution < -0.4 is 5.73 Å². The molecule has 0 aromatic carbocycles. The molecule has 4 N–H and O–H groups in total. The third-order valence-electron chi connectivity index (χ3n) is 4.23. The molecular formula is C13H19ClN5O7PS. The highest BCUT2D eigenvalue weighted by atomic mass is 35.5. The fraction of sp³-hybridized carbons (Fsp3) is 0.615. The first kappa shape index (κ1) is 21.4. The zero-order chi connectivity index (χ0) is 20.7. The minimum atomic E-state index is -5.00. The van der Waals surface area contributed by atoms with Crippen molar-refractivity contribution in [3.05, 3.63) is 11.6 Å². The number of aromatic nitrogens is 4. The molecule has 0 amide bonds. The third-order valence-corrected chi connectivity index (χ3v) is 8.44. The summed E-state index contributed by atoms with van der Waals surface area (Å²) >= 11 is 5.84. The lowest BCUT2D eigenvalue weighted by atomic mass is 10.2. The van der Waals surface area contributed by atoms with Crippen LogP contribution in [0.1, 0.15) is 26.0 Å². The molecule has 3 rings (SSSR count). The van der Waals surface area contributed by atoms with Crippen molar-refractivity contribution in [2.75, 3.05) is 18.1 Å². The third kappa shape index (κ3) is 4.30. The maximum absolute atomic E-state index is 11.9. The van der Waals surface area contributed by atoms with Gasteiger partial charge < -0.3 is 25.0 Å². The molecule has 15 heteroatoms. The summed E-state index contributed by atoms with van der Waals surface area (Å²) in [6.07, 6.45) is 1.39. The molecule has 0 radical (unpaired) electrons. The van der Waals surface area contributed by atoms with E-state index in [1.54, 1.807) is 4.57 Å². The molecule has 1 aliphatic heterocycles. The topological polar surface area (TPSA) is 180 Å². The summed E-state index contributed by atoms with van der Waals surface area (Å²) in [5.74, 6) is -0.333. The van der Waals surface area contributed by atoms with Crippen LogP contribution in [0.3, 0.4) is 0 Å². The highest BCUT2D eigenvalue weighted by Gasteiger charge is 2.41. The summed E-state index contributed by atoms with van der Waals surface area (Å²) in [5, 5.41) is -2.26. The van der Waals surface area contributed by atoms with Crippen LogP contribution in [0.5, 0.6) is 0 Å². The molecule has 0 spiro atoms. The van der Waals surface area contributed by atoms with E-state index in [2.05, 4.69) is 15.0 Å². The monoisotopic (exact) mass is 455 g/mol. The lowest BCUT2D eigenvalue weighted by Gasteiger charge is -2.21. The van der Waals surface area contributed by atoms with Gasteiger partial charge in [-0.25, -0.2) is 13.4 Å². The van der Waals surface area contributed by atoms with Gasteiger partial charge in [-0.3, -0.25) is 9.13 Å². The molecule has 1 fully saturated rings. The number of nitrogen functional groups attached to an aromatic ring is 1. The zero-order valence-electron chi connectivity index (χ0n) is 14.7. The highest BCUT2D eigenvalue weighted by Crippen LogP contribution is 2.45. The maximum atomic E-state index is 11.9. The summed E-state index contributed by atoms with van der Waals surface area (Å²) in [7, 11) is -9.11. The normalized spacial score (nSPS) is 22.0. The van der Waals surface area contributed by atoms with Gasteiger partial charge in [0.1, 0.15) is 11.7 Å². The van der Waals surface area contributed by atoms with Crippen LogP contribution in [0.4, 0.5) is 5.82 Å². The Balaban J connectivity index is 1.72. The van der Waals surface area contributed by atoms with Crippen molar-refractivity contribution in [2.24, 2.45) is 0 Å². The number of sulfone groups is 1. The van der Waals surface area contributed by atoms with Crippen molar-refractivity contribution in [1.29, 1.82) is 0 Å². The number of fused-ring (bicyclic) bond motifs is 1. The summed E-state index contributed by atoms with van der Waals surface area (Å²) < 4.78 is 47.8. The number of hydrogen-bond donors (Lipinski definition) is 3. The Morgan fingerprint density at radius 2 is 2.18 bits per heavy atom. The SMILES string of the molecule is CCS(=O)(=O)C(OC[C@@H]1CC[C@H](n2cnc3c(N)nc(Cl)nc32)O1)P(=O)(O)O. The van der Waals surface area contributed by atoms with E-state index >= 15 is 0 Å². The Bertz CT molecular complexity index is 1030. The first-order valence-corrected chi connectivity index (χ1v) is 12.0. The van der Waals surface area contributed by atoms with E-state index in [1.165, 1.54) is 13.3 Å². The van der Waals surface area contributed by atoms with Gasteiger partial charge in [0.15, 0.2) is 21.3 Å². The van der Waals surface area contributed by atoms with Crippen molar-refractivity contribution in [3.8, 4) is 0 Å². The highest BCUT2D eigenvalue weighted by molar-refractivity contribution is 7.98. The second-order valence-corrected chi connectivity index (χ2v) is 10.8. The Morgan fingerprint density at radius 1 is 1.46 bits per heavy atom. The Morgan fingerprint density at radius 3 is 2.82 bits per heavy atom. The van der Waals surface area contributed by atoms with Gasteiger partial charge in [-0.1, -0.05) is 6.92 Å². The largest absolute Gasteiger partial charge is 0.382 e. The molecule has 0 bridgehead atoms. The van der Waals surface area contributed by atoms with Crippen LogP contribution in [-0.4, -0.2) is 61.4 Å². The summed E-state index contributed by atoms with van der Waals surface area (Å²) in [6, 6.07) is 0. The van der Waals surface area contributed by atoms with Gasteiger partial charge in [0.25, 0.3) is 5.18 Å². The molecule has 2 aromatic heterocycles. The summed E-state index contributed by atoms with van der Waals surface area (Å²) in [6.45, 7) is 0.988. The predicted octanol–water partition coefficient (Wildman–Crippen LogP) is 0.652. The van der Waals surface area contributed by atoms with Gasteiger partial charge in [-0.15, -0.1) is 0 Å². The number of ether oxygens (including phenoxy) is 2.